The highest BCUT2D eigenvalue weighted by Crippen LogP contribution is 2.40. The first-order valence-corrected chi connectivity index (χ1v) is 12.1. The quantitative estimate of drug-likeness (QED) is 0.242. The van der Waals surface area contributed by atoms with Crippen LogP contribution in [0.3, 0.4) is 0 Å². The van der Waals surface area contributed by atoms with Gasteiger partial charge in [0.1, 0.15) is 11.6 Å². The molecule has 1 aliphatic rings. The van der Waals surface area contributed by atoms with Gasteiger partial charge >= 0.3 is 5.97 Å². The van der Waals surface area contributed by atoms with Crippen LogP contribution in [0.2, 0.25) is 0 Å². The van der Waals surface area contributed by atoms with Crippen molar-refractivity contribution in [1.29, 1.82) is 0 Å². The Hall–Kier alpha value is -2.94. The summed E-state index contributed by atoms with van der Waals surface area (Å²) in [4.78, 5) is 26.5. The number of nitrogens with zero attached hydrogens (tertiary/aromatic N) is 2. The average molecular weight is 549 g/mol. The second-order valence-corrected chi connectivity index (χ2v) is 9.51. The molecule has 35 heavy (non-hydrogen) atoms. The van der Waals surface area contributed by atoms with Crippen molar-refractivity contribution in [2.75, 3.05) is 19.8 Å². The first-order valence-electron chi connectivity index (χ1n) is 11.4. The maximum atomic E-state index is 15.5. The van der Waals surface area contributed by atoms with Gasteiger partial charge in [-0.3, -0.25) is 9.59 Å². The van der Waals surface area contributed by atoms with Gasteiger partial charge in [0.25, 0.3) is 0 Å². The molecule has 0 spiro atoms. The molecule has 1 aliphatic heterocycles. The minimum absolute atomic E-state index is 0.0248. The van der Waals surface area contributed by atoms with Crippen molar-refractivity contribution >= 4 is 33.7 Å². The molecule has 0 N–H and O–H groups in total. The predicted molar refractivity (Wildman–Crippen MR) is 135 cm³/mol. The number of benzene rings is 2. The number of halogens is 2. The van der Waals surface area contributed by atoms with Crippen LogP contribution >= 0.6 is 16.1 Å². The van der Waals surface area contributed by atoms with Gasteiger partial charge in [-0.05, 0) is 49.1 Å². The number of ketones is 1. The molecule has 1 heterocycles. The van der Waals surface area contributed by atoms with Gasteiger partial charge in [0.05, 0.1) is 41.5 Å². The van der Waals surface area contributed by atoms with E-state index in [1.54, 1.807) is 36.1 Å². The van der Waals surface area contributed by atoms with E-state index in [4.69, 9.17) is 14.2 Å². The number of esters is 1. The number of hydrogen-bond acceptors (Lipinski definition) is 6. The summed E-state index contributed by atoms with van der Waals surface area (Å²) < 4.78 is 36.0. The fourth-order valence-corrected chi connectivity index (χ4v) is 4.43. The molecule has 0 radical (unpaired) electrons. The van der Waals surface area contributed by atoms with Crippen LogP contribution in [0, 0.1) is 5.82 Å². The lowest BCUT2D eigenvalue weighted by Gasteiger charge is -2.23. The Morgan fingerprint density at radius 3 is 2.37 bits per heavy atom. The van der Waals surface area contributed by atoms with Gasteiger partial charge in [-0.15, -0.1) is 0 Å². The standard InChI is InChI=1S/C26H30BrFN2O5/c1-7-33-21-12-17-13-30(25(29-27)22(17)23(28)24(21)34-8-2)14-19(32)16-9-10-20(35-15(3)31)18(11-16)26(4,5)6/h9-12H,7-8,13-14H2,1-6H3. The van der Waals surface area contributed by atoms with Crippen LogP contribution in [-0.2, 0) is 16.8 Å². The molecule has 0 atom stereocenters. The van der Waals surface area contributed by atoms with Gasteiger partial charge in [-0.1, -0.05) is 20.8 Å². The number of carbonyl (C=O) groups excluding carboxylic acids is 2. The van der Waals surface area contributed by atoms with Crippen LogP contribution in [0.4, 0.5) is 4.39 Å². The van der Waals surface area contributed by atoms with Crippen LogP contribution < -0.4 is 14.2 Å². The monoisotopic (exact) mass is 548 g/mol. The Labute approximate surface area is 213 Å². The maximum absolute atomic E-state index is 15.5. The Bertz CT molecular complexity index is 1170. The summed E-state index contributed by atoms with van der Waals surface area (Å²) in [7, 11) is 0. The number of amidine groups is 1. The van der Waals surface area contributed by atoms with E-state index in [-0.39, 0.29) is 42.2 Å². The maximum Gasteiger partial charge on any atom is 0.308 e. The molecule has 9 heteroatoms. The second kappa shape index (κ2) is 10.8. The van der Waals surface area contributed by atoms with Gasteiger partial charge in [0, 0.05) is 24.6 Å². The Morgan fingerprint density at radius 1 is 1.11 bits per heavy atom. The molecule has 0 aliphatic carbocycles. The highest BCUT2D eigenvalue weighted by Gasteiger charge is 2.34. The van der Waals surface area contributed by atoms with Crippen LogP contribution in [0.5, 0.6) is 17.2 Å². The summed E-state index contributed by atoms with van der Waals surface area (Å²) in [6, 6.07) is 6.75. The SMILES string of the molecule is CCOc1cc2c(c(F)c1OCC)C(=NBr)N(CC(=O)c1ccc(OC(C)=O)c(C(C)(C)C)c1)C2. The van der Waals surface area contributed by atoms with Crippen LogP contribution in [0.25, 0.3) is 0 Å². The van der Waals surface area contributed by atoms with E-state index in [0.717, 1.165) is 5.56 Å². The zero-order valence-corrected chi connectivity index (χ0v) is 22.4. The molecule has 2 aromatic rings. The summed E-state index contributed by atoms with van der Waals surface area (Å²) in [5.41, 5.74) is 1.78. The van der Waals surface area contributed by atoms with Crippen LogP contribution in [0.15, 0.2) is 28.3 Å². The molecule has 0 fully saturated rings. The van der Waals surface area contributed by atoms with E-state index in [2.05, 4.69) is 20.2 Å². The second-order valence-electron chi connectivity index (χ2n) is 9.16. The number of fused-ring (bicyclic) bond motifs is 1. The molecule has 2 aromatic carbocycles. The first kappa shape index (κ1) is 26.7. The lowest BCUT2D eigenvalue weighted by atomic mass is 9.85. The topological polar surface area (TPSA) is 77.4 Å². The van der Waals surface area contributed by atoms with Gasteiger partial charge in [-0.2, -0.15) is 4.02 Å². The van der Waals surface area contributed by atoms with E-state index in [1.807, 2.05) is 27.7 Å². The number of rotatable bonds is 8. The lowest BCUT2D eigenvalue weighted by Crippen LogP contribution is -2.31. The average Bonchev–Trinajstić information content (AvgIpc) is 3.12. The Morgan fingerprint density at radius 2 is 1.80 bits per heavy atom. The zero-order chi connectivity index (χ0) is 25.9. The Balaban J connectivity index is 1.93. The van der Waals surface area contributed by atoms with E-state index < -0.39 is 11.8 Å². The van der Waals surface area contributed by atoms with Crippen molar-refractivity contribution in [3.05, 3.63) is 52.3 Å². The van der Waals surface area contributed by atoms with Crippen molar-refractivity contribution in [2.45, 2.75) is 53.5 Å². The molecule has 3 rings (SSSR count). The normalized spacial score (nSPS) is 14.2. The van der Waals surface area contributed by atoms with E-state index in [9.17, 15) is 9.59 Å². The number of ether oxygens (including phenoxy) is 3. The minimum Gasteiger partial charge on any atom is -0.490 e. The minimum atomic E-state index is -0.568. The third-order valence-corrected chi connectivity index (χ3v) is 5.86. The molecule has 0 saturated heterocycles. The molecule has 0 aromatic heterocycles. The molecular formula is C26H30BrFN2O5. The molecular weight excluding hydrogens is 519 g/mol. The highest BCUT2D eigenvalue weighted by atomic mass is 79.9. The smallest absolute Gasteiger partial charge is 0.308 e. The Kier molecular flexibility index (Phi) is 8.20. The van der Waals surface area contributed by atoms with Gasteiger partial charge in [0.2, 0.25) is 0 Å². The van der Waals surface area contributed by atoms with Crippen molar-refractivity contribution < 1.29 is 28.2 Å². The largest absolute Gasteiger partial charge is 0.490 e. The summed E-state index contributed by atoms with van der Waals surface area (Å²) >= 11 is 3.10. The number of Topliss-reactive ketones (excluding diaryl/α,β-unsaturated/α-hetero) is 1. The van der Waals surface area contributed by atoms with Gasteiger partial charge in [-0.25, -0.2) is 4.39 Å². The zero-order valence-electron chi connectivity index (χ0n) is 20.8. The van der Waals surface area contributed by atoms with Crippen LogP contribution in [0.1, 0.15) is 68.6 Å². The fourth-order valence-electron chi connectivity index (χ4n) is 4.03. The molecule has 0 unspecified atom stereocenters. The summed E-state index contributed by atoms with van der Waals surface area (Å²) in [5.74, 6) is -0.0883. The summed E-state index contributed by atoms with van der Waals surface area (Å²) in [6.45, 7) is 11.8. The number of carbonyl (C=O) groups is 2. The molecule has 7 nitrogen and oxygen atoms in total. The lowest BCUT2D eigenvalue weighted by molar-refractivity contribution is -0.131. The molecule has 0 amide bonds. The first-order chi connectivity index (χ1) is 16.5. The van der Waals surface area contributed by atoms with Crippen molar-refractivity contribution in [1.82, 2.24) is 4.90 Å². The summed E-state index contributed by atoms with van der Waals surface area (Å²) in [5, 5.41) is 0. The highest BCUT2D eigenvalue weighted by molar-refractivity contribution is 9.08. The van der Waals surface area contributed by atoms with E-state index in [1.165, 1.54) is 6.92 Å². The third kappa shape index (κ3) is 5.66. The fraction of sp³-hybridized carbons (Fsp3) is 0.423. The summed E-state index contributed by atoms with van der Waals surface area (Å²) in [6.07, 6.45) is 0. The molecule has 188 valence electrons. The van der Waals surface area contributed by atoms with Crippen molar-refractivity contribution in [3.8, 4) is 17.2 Å². The predicted octanol–water partition coefficient (Wildman–Crippen LogP) is 5.60. The molecule has 0 saturated carbocycles. The van der Waals surface area contributed by atoms with E-state index in [0.29, 0.717) is 35.1 Å². The number of hydrogen-bond donors (Lipinski definition) is 0. The van der Waals surface area contributed by atoms with Crippen molar-refractivity contribution in [2.24, 2.45) is 4.02 Å². The van der Waals surface area contributed by atoms with Crippen LogP contribution in [-0.4, -0.2) is 42.2 Å². The molecule has 0 bridgehead atoms. The van der Waals surface area contributed by atoms with E-state index >= 15 is 4.39 Å². The van der Waals surface area contributed by atoms with Gasteiger partial charge in [0.15, 0.2) is 23.1 Å². The van der Waals surface area contributed by atoms with Gasteiger partial charge < -0.3 is 19.1 Å². The third-order valence-electron chi connectivity index (χ3n) is 5.52. The van der Waals surface area contributed by atoms with Crippen molar-refractivity contribution in [3.63, 3.8) is 0 Å².